The summed E-state index contributed by atoms with van der Waals surface area (Å²) in [6.45, 7) is 0.919. The van der Waals surface area contributed by atoms with Crippen molar-refractivity contribution in [2.45, 2.75) is 12.2 Å². The van der Waals surface area contributed by atoms with Crippen LogP contribution in [0.5, 0.6) is 0 Å². The lowest BCUT2D eigenvalue weighted by Gasteiger charge is -2.12. The van der Waals surface area contributed by atoms with Crippen molar-refractivity contribution in [2.24, 2.45) is 0 Å². The van der Waals surface area contributed by atoms with Crippen LogP contribution in [0, 0.1) is 0 Å². The van der Waals surface area contributed by atoms with Crippen molar-refractivity contribution in [1.82, 2.24) is 4.98 Å². The molecule has 72 valence electrons. The zero-order chi connectivity index (χ0) is 9.42. The van der Waals surface area contributed by atoms with Gasteiger partial charge < -0.3 is 15.1 Å². The van der Waals surface area contributed by atoms with Crippen molar-refractivity contribution in [2.75, 3.05) is 18.0 Å². The standard InChI is InChI=1S/C7H9BrN2O2S/c8-6-3-13-7(9-6)10-1-4(11)5(12)2-10/h3-5,11-12H,1-2H2. The second kappa shape index (κ2) is 3.53. The topological polar surface area (TPSA) is 56.6 Å². The van der Waals surface area contributed by atoms with E-state index in [-0.39, 0.29) is 0 Å². The third-order valence-electron chi connectivity index (χ3n) is 1.99. The van der Waals surface area contributed by atoms with Crippen LogP contribution in [0.25, 0.3) is 0 Å². The van der Waals surface area contributed by atoms with Crippen LogP contribution in [-0.4, -0.2) is 40.5 Å². The van der Waals surface area contributed by atoms with E-state index in [4.69, 9.17) is 0 Å². The normalized spacial score (nSPS) is 28.4. The van der Waals surface area contributed by atoms with Gasteiger partial charge in [-0.25, -0.2) is 4.98 Å². The van der Waals surface area contributed by atoms with Crippen LogP contribution in [0.4, 0.5) is 5.13 Å². The Kier molecular flexibility index (Phi) is 2.55. The highest BCUT2D eigenvalue weighted by atomic mass is 79.9. The first-order chi connectivity index (χ1) is 6.16. The molecule has 0 aliphatic carbocycles. The van der Waals surface area contributed by atoms with Crippen molar-refractivity contribution in [1.29, 1.82) is 0 Å². The van der Waals surface area contributed by atoms with Gasteiger partial charge in [-0.3, -0.25) is 0 Å². The van der Waals surface area contributed by atoms with E-state index < -0.39 is 12.2 Å². The Labute approximate surface area is 88.0 Å². The van der Waals surface area contributed by atoms with Crippen LogP contribution in [0.1, 0.15) is 0 Å². The molecule has 0 aromatic carbocycles. The molecule has 2 heterocycles. The lowest BCUT2D eigenvalue weighted by atomic mass is 10.3. The van der Waals surface area contributed by atoms with Crippen LogP contribution in [0.2, 0.25) is 0 Å². The Hall–Kier alpha value is -0.170. The molecule has 1 aromatic heterocycles. The van der Waals surface area contributed by atoms with Gasteiger partial charge in [-0.2, -0.15) is 0 Å². The number of nitrogens with zero attached hydrogens (tertiary/aromatic N) is 2. The minimum Gasteiger partial charge on any atom is -0.389 e. The molecule has 1 aromatic rings. The predicted molar refractivity (Wildman–Crippen MR) is 54.0 cm³/mol. The van der Waals surface area contributed by atoms with Gasteiger partial charge in [0.2, 0.25) is 0 Å². The average Bonchev–Trinajstić information content (AvgIpc) is 2.61. The van der Waals surface area contributed by atoms with Gasteiger partial charge >= 0.3 is 0 Å². The highest BCUT2D eigenvalue weighted by Crippen LogP contribution is 2.26. The van der Waals surface area contributed by atoms with Gasteiger partial charge in [0.05, 0.1) is 12.2 Å². The number of aromatic nitrogens is 1. The third kappa shape index (κ3) is 1.85. The second-order valence-corrected chi connectivity index (χ2v) is 4.64. The van der Waals surface area contributed by atoms with Crippen LogP contribution in [0.15, 0.2) is 9.98 Å². The number of rotatable bonds is 1. The number of thiazole rings is 1. The van der Waals surface area contributed by atoms with Gasteiger partial charge in [0, 0.05) is 18.5 Å². The molecule has 1 aliphatic heterocycles. The lowest BCUT2D eigenvalue weighted by Crippen LogP contribution is -2.22. The fourth-order valence-corrected chi connectivity index (χ4v) is 2.59. The fourth-order valence-electron chi connectivity index (χ4n) is 1.32. The van der Waals surface area contributed by atoms with E-state index in [2.05, 4.69) is 20.9 Å². The van der Waals surface area contributed by atoms with Crippen molar-refractivity contribution in [3.63, 3.8) is 0 Å². The van der Waals surface area contributed by atoms with Crippen molar-refractivity contribution < 1.29 is 10.2 Å². The summed E-state index contributed by atoms with van der Waals surface area (Å²) in [5.74, 6) is 0. The van der Waals surface area contributed by atoms with E-state index in [0.29, 0.717) is 13.1 Å². The Morgan fingerprint density at radius 3 is 2.54 bits per heavy atom. The molecule has 6 heteroatoms. The van der Waals surface area contributed by atoms with Crippen LogP contribution in [-0.2, 0) is 0 Å². The summed E-state index contributed by atoms with van der Waals surface area (Å²) in [7, 11) is 0. The number of aliphatic hydroxyl groups excluding tert-OH is 2. The molecule has 1 saturated heterocycles. The molecule has 2 atom stereocenters. The third-order valence-corrected chi connectivity index (χ3v) is 3.60. The molecule has 0 saturated carbocycles. The molecule has 0 amide bonds. The number of β-amino-alcohol motifs (C(OH)–C–C–N with tert-alkyl or cyclic N) is 2. The highest BCUT2D eigenvalue weighted by molar-refractivity contribution is 9.10. The molecular formula is C7H9BrN2O2S. The quantitative estimate of drug-likeness (QED) is 0.774. The van der Waals surface area contributed by atoms with E-state index in [9.17, 15) is 10.2 Å². The number of hydrogen-bond acceptors (Lipinski definition) is 5. The van der Waals surface area contributed by atoms with Crippen LogP contribution >= 0.6 is 27.3 Å². The number of anilines is 1. The zero-order valence-corrected chi connectivity index (χ0v) is 9.12. The Balaban J connectivity index is 2.11. The Morgan fingerprint density at radius 1 is 1.46 bits per heavy atom. The summed E-state index contributed by atoms with van der Waals surface area (Å²) >= 11 is 4.75. The van der Waals surface area contributed by atoms with E-state index in [0.717, 1.165) is 9.73 Å². The maximum Gasteiger partial charge on any atom is 0.186 e. The molecule has 13 heavy (non-hydrogen) atoms. The first-order valence-corrected chi connectivity index (χ1v) is 5.56. The van der Waals surface area contributed by atoms with Crippen molar-refractivity contribution in [3.05, 3.63) is 9.98 Å². The van der Waals surface area contributed by atoms with Crippen LogP contribution in [0.3, 0.4) is 0 Å². The summed E-state index contributed by atoms with van der Waals surface area (Å²) in [5, 5.41) is 21.3. The maximum absolute atomic E-state index is 9.31. The number of hydrogen-bond donors (Lipinski definition) is 2. The fraction of sp³-hybridized carbons (Fsp3) is 0.571. The second-order valence-electron chi connectivity index (χ2n) is 2.99. The SMILES string of the molecule is OC1CN(c2nc(Br)cs2)CC1O. The number of aliphatic hydroxyl groups is 2. The Bertz CT molecular complexity index is 296. The Morgan fingerprint density at radius 2 is 2.08 bits per heavy atom. The van der Waals surface area contributed by atoms with Gasteiger partial charge in [-0.1, -0.05) is 0 Å². The monoisotopic (exact) mass is 264 g/mol. The highest BCUT2D eigenvalue weighted by Gasteiger charge is 2.30. The molecule has 0 spiro atoms. The van der Waals surface area contributed by atoms with Gasteiger partial charge in [0.1, 0.15) is 4.60 Å². The van der Waals surface area contributed by atoms with E-state index in [1.54, 1.807) is 0 Å². The summed E-state index contributed by atoms with van der Waals surface area (Å²) in [5.41, 5.74) is 0. The van der Waals surface area contributed by atoms with Gasteiger partial charge in [-0.05, 0) is 15.9 Å². The molecule has 2 rings (SSSR count). The minimum atomic E-state index is -0.650. The largest absolute Gasteiger partial charge is 0.389 e. The molecule has 1 fully saturated rings. The molecule has 0 bridgehead atoms. The molecule has 2 unspecified atom stereocenters. The summed E-state index contributed by atoms with van der Waals surface area (Å²) in [6, 6.07) is 0. The van der Waals surface area contributed by atoms with Gasteiger partial charge in [0.25, 0.3) is 0 Å². The first kappa shape index (κ1) is 9.39. The summed E-state index contributed by atoms with van der Waals surface area (Å²) in [4.78, 5) is 6.08. The lowest BCUT2D eigenvalue weighted by molar-refractivity contribution is 0.0572. The molecule has 4 nitrogen and oxygen atoms in total. The smallest absolute Gasteiger partial charge is 0.186 e. The summed E-state index contributed by atoms with van der Waals surface area (Å²) in [6.07, 6.45) is -1.30. The molecule has 2 N–H and O–H groups in total. The average molecular weight is 265 g/mol. The molecule has 1 aliphatic rings. The molecule has 0 radical (unpaired) electrons. The molecular weight excluding hydrogens is 256 g/mol. The zero-order valence-electron chi connectivity index (χ0n) is 6.72. The van der Waals surface area contributed by atoms with Crippen molar-refractivity contribution >= 4 is 32.4 Å². The minimum absolute atomic E-state index is 0.459. The van der Waals surface area contributed by atoms with Crippen molar-refractivity contribution in [3.8, 4) is 0 Å². The maximum atomic E-state index is 9.31. The predicted octanol–water partition coefficient (Wildman–Crippen LogP) is 0.447. The van der Waals surface area contributed by atoms with Gasteiger partial charge in [-0.15, -0.1) is 11.3 Å². The number of halogens is 1. The van der Waals surface area contributed by atoms with Gasteiger partial charge in [0.15, 0.2) is 5.13 Å². The van der Waals surface area contributed by atoms with Crippen LogP contribution < -0.4 is 4.90 Å². The van der Waals surface area contributed by atoms with E-state index in [1.807, 2.05) is 10.3 Å². The van der Waals surface area contributed by atoms with E-state index in [1.165, 1.54) is 11.3 Å². The van der Waals surface area contributed by atoms with E-state index >= 15 is 0 Å². The summed E-state index contributed by atoms with van der Waals surface area (Å²) < 4.78 is 0.795. The first-order valence-electron chi connectivity index (χ1n) is 3.89.